The van der Waals surface area contributed by atoms with Gasteiger partial charge in [0.25, 0.3) is 0 Å². The molecule has 0 heterocycles. The Bertz CT molecular complexity index is 596. The first-order chi connectivity index (χ1) is 9.19. The van der Waals surface area contributed by atoms with Crippen LogP contribution in [-0.4, -0.2) is 49.1 Å². The number of nitrogen functional groups attached to an aromatic ring is 1. The molecule has 0 aliphatic carbocycles. The van der Waals surface area contributed by atoms with Crippen molar-refractivity contribution in [2.75, 3.05) is 41.2 Å². The summed E-state index contributed by atoms with van der Waals surface area (Å²) in [6.45, 7) is 0. The smallest absolute Gasteiger partial charge is 0.239 e. The number of amides is 1. The molecule has 1 atom stereocenters. The largest absolute Gasteiger partial charge is 0.399 e. The minimum Gasteiger partial charge on any atom is -0.399 e. The van der Waals surface area contributed by atoms with E-state index in [4.69, 9.17) is 5.73 Å². The first-order valence-corrected chi connectivity index (χ1v) is 9.38. The summed E-state index contributed by atoms with van der Waals surface area (Å²) >= 11 is 0. The highest BCUT2D eigenvalue weighted by Crippen LogP contribution is 2.15. The normalized spacial score (nSPS) is 12.9. The van der Waals surface area contributed by atoms with Crippen LogP contribution in [0.2, 0.25) is 0 Å². The van der Waals surface area contributed by atoms with Crippen molar-refractivity contribution in [1.29, 1.82) is 0 Å². The second-order valence-electron chi connectivity index (χ2n) is 4.46. The molecule has 1 rings (SSSR count). The molecule has 6 nitrogen and oxygen atoms in total. The minimum absolute atomic E-state index is 0.0276. The van der Waals surface area contributed by atoms with Gasteiger partial charge in [-0.1, -0.05) is 0 Å². The second kappa shape index (κ2) is 6.85. The van der Waals surface area contributed by atoms with E-state index in [1.54, 1.807) is 31.3 Å². The van der Waals surface area contributed by atoms with Gasteiger partial charge in [-0.15, -0.1) is 0 Å². The number of sulfone groups is 1. The van der Waals surface area contributed by atoms with E-state index < -0.39 is 20.6 Å². The van der Waals surface area contributed by atoms with E-state index in [1.165, 1.54) is 4.90 Å². The predicted molar refractivity (Wildman–Crippen MR) is 81.9 cm³/mol. The van der Waals surface area contributed by atoms with Gasteiger partial charge >= 0.3 is 0 Å². The van der Waals surface area contributed by atoms with E-state index in [9.17, 15) is 17.4 Å². The predicted octanol–water partition coefficient (Wildman–Crippen LogP) is 0.0249. The topological polar surface area (TPSA) is 97.5 Å². The summed E-state index contributed by atoms with van der Waals surface area (Å²) in [5.41, 5.74) is 6.79. The lowest BCUT2D eigenvalue weighted by atomic mass is 10.2. The molecule has 0 aliphatic rings. The molecule has 0 saturated carbocycles. The van der Waals surface area contributed by atoms with Crippen LogP contribution >= 0.6 is 0 Å². The van der Waals surface area contributed by atoms with Crippen molar-refractivity contribution in [1.82, 2.24) is 0 Å². The van der Waals surface area contributed by atoms with Gasteiger partial charge < -0.3 is 10.6 Å². The summed E-state index contributed by atoms with van der Waals surface area (Å²) in [5.74, 6) is -0.740. The van der Waals surface area contributed by atoms with Gasteiger partial charge in [0, 0.05) is 41.2 Å². The number of hydrogen-bond donors (Lipinski definition) is 1. The molecule has 0 saturated heterocycles. The van der Waals surface area contributed by atoms with Crippen LogP contribution in [0.25, 0.3) is 0 Å². The van der Waals surface area contributed by atoms with Gasteiger partial charge in [-0.05, 0) is 24.3 Å². The molecule has 1 unspecified atom stereocenters. The number of rotatable bonds is 6. The summed E-state index contributed by atoms with van der Waals surface area (Å²) in [6, 6.07) is 6.71. The van der Waals surface area contributed by atoms with E-state index >= 15 is 0 Å². The number of benzene rings is 1. The lowest BCUT2D eigenvalue weighted by Gasteiger charge is -2.17. The molecule has 0 aromatic heterocycles. The molecule has 20 heavy (non-hydrogen) atoms. The molecule has 0 aliphatic heterocycles. The van der Waals surface area contributed by atoms with E-state index in [0.29, 0.717) is 11.4 Å². The summed E-state index contributed by atoms with van der Waals surface area (Å²) < 4.78 is 33.6. The Hall–Kier alpha value is -1.41. The van der Waals surface area contributed by atoms with Crippen LogP contribution in [0.3, 0.4) is 0 Å². The standard InChI is InChI=1S/C12H18N2O4S2/c1-14(11-5-3-10(13)4-6-11)12(15)9-19(16)7-8-20(2,17)18/h3-6H,7-9,13H2,1-2H3. The van der Waals surface area contributed by atoms with E-state index in [1.807, 2.05) is 0 Å². The first-order valence-electron chi connectivity index (χ1n) is 5.84. The van der Waals surface area contributed by atoms with Crippen LogP contribution in [0.4, 0.5) is 11.4 Å². The van der Waals surface area contributed by atoms with Gasteiger partial charge in [0.1, 0.15) is 15.6 Å². The van der Waals surface area contributed by atoms with Crippen molar-refractivity contribution >= 4 is 37.9 Å². The molecular weight excluding hydrogens is 300 g/mol. The molecule has 112 valence electrons. The molecular formula is C12H18N2O4S2. The van der Waals surface area contributed by atoms with Gasteiger partial charge in [0.05, 0.1) is 5.75 Å². The fourth-order valence-corrected chi connectivity index (χ4v) is 3.96. The highest BCUT2D eigenvalue weighted by molar-refractivity contribution is 7.92. The lowest BCUT2D eigenvalue weighted by molar-refractivity contribution is -0.115. The van der Waals surface area contributed by atoms with Crippen LogP contribution in [0.5, 0.6) is 0 Å². The summed E-state index contributed by atoms with van der Waals surface area (Å²) in [4.78, 5) is 13.3. The van der Waals surface area contributed by atoms with Crippen molar-refractivity contribution < 1.29 is 17.4 Å². The molecule has 0 radical (unpaired) electrons. The van der Waals surface area contributed by atoms with Crippen LogP contribution in [0, 0.1) is 0 Å². The van der Waals surface area contributed by atoms with Crippen LogP contribution in [0.15, 0.2) is 24.3 Å². The summed E-state index contributed by atoms with van der Waals surface area (Å²) in [5, 5.41) is 0. The van der Waals surface area contributed by atoms with Gasteiger partial charge in [0.15, 0.2) is 0 Å². The molecule has 0 fully saturated rings. The maximum absolute atomic E-state index is 11.9. The quantitative estimate of drug-likeness (QED) is 0.746. The fraction of sp³-hybridized carbons (Fsp3) is 0.417. The number of carbonyl (C=O) groups excluding carboxylic acids is 1. The lowest BCUT2D eigenvalue weighted by Crippen LogP contribution is -2.32. The van der Waals surface area contributed by atoms with Gasteiger partial charge in [-0.2, -0.15) is 0 Å². The van der Waals surface area contributed by atoms with Crippen LogP contribution < -0.4 is 10.6 Å². The SMILES string of the molecule is CN(C(=O)CS(=O)CCS(C)(=O)=O)c1ccc(N)cc1. The summed E-state index contributed by atoms with van der Waals surface area (Å²) in [7, 11) is -3.08. The molecule has 8 heteroatoms. The third-order valence-electron chi connectivity index (χ3n) is 2.62. The maximum atomic E-state index is 11.9. The second-order valence-corrected chi connectivity index (χ2v) is 8.30. The number of nitrogens with two attached hydrogens (primary N) is 1. The molecule has 1 amide bonds. The highest BCUT2D eigenvalue weighted by atomic mass is 32.2. The average molecular weight is 318 g/mol. The fourth-order valence-electron chi connectivity index (χ4n) is 1.39. The Morgan fingerprint density at radius 1 is 1.30 bits per heavy atom. The van der Waals surface area contributed by atoms with Crippen LogP contribution in [0.1, 0.15) is 0 Å². The zero-order valence-electron chi connectivity index (χ0n) is 11.4. The monoisotopic (exact) mass is 318 g/mol. The third kappa shape index (κ3) is 5.70. The molecule has 0 bridgehead atoms. The Morgan fingerprint density at radius 2 is 1.85 bits per heavy atom. The first kappa shape index (κ1) is 16.6. The van der Waals surface area contributed by atoms with Gasteiger partial charge in [0.2, 0.25) is 5.91 Å². The maximum Gasteiger partial charge on any atom is 0.239 e. The Labute approximate surface area is 121 Å². The zero-order valence-corrected chi connectivity index (χ0v) is 13.0. The van der Waals surface area contributed by atoms with Gasteiger partial charge in [-0.25, -0.2) is 8.42 Å². The van der Waals surface area contributed by atoms with Crippen molar-refractivity contribution in [3.63, 3.8) is 0 Å². The van der Waals surface area contributed by atoms with Gasteiger partial charge in [-0.3, -0.25) is 9.00 Å². The number of hydrogen-bond acceptors (Lipinski definition) is 5. The van der Waals surface area contributed by atoms with E-state index in [2.05, 4.69) is 0 Å². The molecule has 1 aromatic carbocycles. The summed E-state index contributed by atoms with van der Waals surface area (Å²) in [6.07, 6.45) is 1.08. The van der Waals surface area contributed by atoms with E-state index in [0.717, 1.165) is 6.26 Å². The highest BCUT2D eigenvalue weighted by Gasteiger charge is 2.15. The number of nitrogens with zero attached hydrogens (tertiary/aromatic N) is 1. The Morgan fingerprint density at radius 3 is 2.35 bits per heavy atom. The average Bonchev–Trinajstić information content (AvgIpc) is 2.35. The Balaban J connectivity index is 2.57. The molecule has 0 spiro atoms. The number of carbonyl (C=O) groups is 1. The van der Waals surface area contributed by atoms with Crippen molar-refractivity contribution in [2.24, 2.45) is 0 Å². The number of anilines is 2. The van der Waals surface area contributed by atoms with Crippen molar-refractivity contribution in [3.8, 4) is 0 Å². The van der Waals surface area contributed by atoms with Crippen molar-refractivity contribution in [3.05, 3.63) is 24.3 Å². The van der Waals surface area contributed by atoms with Crippen molar-refractivity contribution in [2.45, 2.75) is 0 Å². The Kier molecular flexibility index (Phi) is 5.70. The zero-order chi connectivity index (χ0) is 15.3. The molecule has 2 N–H and O–H groups in total. The minimum atomic E-state index is -3.16. The van der Waals surface area contributed by atoms with E-state index in [-0.39, 0.29) is 23.2 Å². The third-order valence-corrected chi connectivity index (χ3v) is 5.05. The van der Waals surface area contributed by atoms with Crippen LogP contribution in [-0.2, 0) is 25.4 Å². The molecule has 1 aromatic rings.